The Kier molecular flexibility index (Phi) is 5.95. The molecule has 0 amide bonds. The number of hydrogen-bond donors (Lipinski definition) is 1. The van der Waals surface area contributed by atoms with Gasteiger partial charge in [0.05, 0.1) is 6.10 Å². The van der Waals surface area contributed by atoms with Crippen LogP contribution in [0.5, 0.6) is 0 Å². The van der Waals surface area contributed by atoms with Crippen molar-refractivity contribution in [1.29, 1.82) is 0 Å². The van der Waals surface area contributed by atoms with Crippen LogP contribution in [0.2, 0.25) is 18.1 Å². The summed E-state index contributed by atoms with van der Waals surface area (Å²) in [5, 5.41) is 10.7. The maximum atomic E-state index is 12.8. The number of benzene rings is 1. The summed E-state index contributed by atoms with van der Waals surface area (Å²) in [6, 6.07) is 12.4. The first-order chi connectivity index (χ1) is 9.02. The third-order valence-corrected chi connectivity index (χ3v) is 10.1. The van der Waals surface area contributed by atoms with Gasteiger partial charge in [-0.05, 0) is 5.56 Å². The second kappa shape index (κ2) is 7.01. The molecule has 0 unspecified atom stereocenters. The monoisotopic (exact) mass is 278 g/mol. The number of aliphatic hydroxyl groups is 1. The summed E-state index contributed by atoms with van der Waals surface area (Å²) >= 11 is 0. The van der Waals surface area contributed by atoms with E-state index in [1.54, 1.807) is 0 Å². The molecule has 1 rings (SSSR count). The van der Waals surface area contributed by atoms with Crippen LogP contribution in [0.3, 0.4) is 0 Å². The Morgan fingerprint density at radius 3 is 2.00 bits per heavy atom. The van der Waals surface area contributed by atoms with Crippen molar-refractivity contribution in [2.45, 2.75) is 51.9 Å². The molecule has 1 N–H and O–H groups in total. The molecule has 19 heavy (non-hydrogen) atoms. The summed E-state index contributed by atoms with van der Waals surface area (Å²) in [5.74, 6) is -0.297. The Labute approximate surface area is 117 Å². The van der Waals surface area contributed by atoms with Gasteiger partial charge in [-0.3, -0.25) is 0 Å². The molecule has 0 saturated carbocycles. The lowest BCUT2D eigenvalue weighted by Crippen LogP contribution is -2.46. The molecule has 0 bridgehead atoms. The lowest BCUT2D eigenvalue weighted by molar-refractivity contribution is -0.119. The summed E-state index contributed by atoms with van der Waals surface area (Å²) < 4.78 is 0. The van der Waals surface area contributed by atoms with E-state index in [2.05, 4.69) is 20.8 Å². The number of carbonyl (C=O) groups is 1. The van der Waals surface area contributed by atoms with E-state index >= 15 is 0 Å². The van der Waals surface area contributed by atoms with Crippen molar-refractivity contribution in [1.82, 2.24) is 0 Å². The minimum Gasteiger partial charge on any atom is -0.388 e. The Bertz CT molecular complexity index is 390. The predicted octanol–water partition coefficient (Wildman–Crippen LogP) is 3.97. The standard InChI is InChI=1S/C16H26O2Si/c1-5-19(6-2,7-3)16(18)13(4)15(17)14-11-9-8-10-12-14/h8-13,15,17H,5-7H2,1-4H3/t13-,15-/m1/s1. The van der Waals surface area contributed by atoms with Gasteiger partial charge in [0.2, 0.25) is 0 Å². The Hall–Kier alpha value is -0.933. The molecule has 0 aliphatic carbocycles. The van der Waals surface area contributed by atoms with Gasteiger partial charge in [0.15, 0.2) is 0 Å². The van der Waals surface area contributed by atoms with E-state index in [0.29, 0.717) is 5.41 Å². The van der Waals surface area contributed by atoms with Crippen LogP contribution < -0.4 is 0 Å². The van der Waals surface area contributed by atoms with Crippen LogP contribution in [0.15, 0.2) is 30.3 Å². The molecule has 0 heterocycles. The molecule has 0 spiro atoms. The summed E-state index contributed by atoms with van der Waals surface area (Å²) in [6.45, 7) is 8.25. The van der Waals surface area contributed by atoms with Gasteiger partial charge in [-0.2, -0.15) is 0 Å². The average molecular weight is 278 g/mol. The van der Waals surface area contributed by atoms with Gasteiger partial charge < -0.3 is 9.90 Å². The van der Waals surface area contributed by atoms with Crippen molar-refractivity contribution in [3.05, 3.63) is 35.9 Å². The van der Waals surface area contributed by atoms with Gasteiger partial charge in [0, 0.05) is 5.92 Å². The maximum Gasteiger partial charge on any atom is 0.132 e. The molecule has 0 saturated heterocycles. The fourth-order valence-corrected chi connectivity index (χ4v) is 6.51. The third-order valence-electron chi connectivity index (χ3n) is 4.58. The van der Waals surface area contributed by atoms with Crippen molar-refractivity contribution in [3.8, 4) is 0 Å². The quantitative estimate of drug-likeness (QED) is 0.766. The fraction of sp³-hybridized carbons (Fsp3) is 0.562. The Morgan fingerprint density at radius 2 is 1.58 bits per heavy atom. The number of aliphatic hydroxyl groups excluding tert-OH is 1. The topological polar surface area (TPSA) is 37.3 Å². The largest absolute Gasteiger partial charge is 0.388 e. The van der Waals surface area contributed by atoms with E-state index in [0.717, 1.165) is 23.7 Å². The van der Waals surface area contributed by atoms with E-state index in [-0.39, 0.29) is 5.92 Å². The van der Waals surface area contributed by atoms with E-state index < -0.39 is 14.2 Å². The second-order valence-corrected chi connectivity index (χ2v) is 10.5. The van der Waals surface area contributed by atoms with Gasteiger partial charge in [-0.25, -0.2) is 0 Å². The Morgan fingerprint density at radius 1 is 1.11 bits per heavy atom. The van der Waals surface area contributed by atoms with Gasteiger partial charge >= 0.3 is 0 Å². The fourth-order valence-electron chi connectivity index (χ4n) is 2.84. The Balaban J connectivity index is 2.93. The van der Waals surface area contributed by atoms with Gasteiger partial charge in [0.25, 0.3) is 0 Å². The number of hydrogen-bond acceptors (Lipinski definition) is 2. The first-order valence-corrected chi connectivity index (χ1v) is 9.91. The van der Waals surface area contributed by atoms with Crippen LogP contribution in [-0.2, 0) is 4.79 Å². The molecule has 2 atom stereocenters. The highest BCUT2D eigenvalue weighted by Crippen LogP contribution is 2.30. The smallest absolute Gasteiger partial charge is 0.132 e. The summed E-state index contributed by atoms with van der Waals surface area (Å²) in [4.78, 5) is 12.8. The van der Waals surface area contributed by atoms with Crippen LogP contribution in [0, 0.1) is 5.92 Å². The molecule has 0 aliphatic heterocycles. The zero-order valence-corrected chi connectivity index (χ0v) is 13.5. The summed E-state index contributed by atoms with van der Waals surface area (Å²) in [5.41, 5.74) is 0.842. The third kappa shape index (κ3) is 3.34. The minimum absolute atomic E-state index is 0.297. The molecule has 0 fully saturated rings. The minimum atomic E-state index is -1.88. The van der Waals surface area contributed by atoms with Crippen LogP contribution >= 0.6 is 0 Å². The maximum absolute atomic E-state index is 12.8. The van der Waals surface area contributed by atoms with Crippen LogP contribution in [0.1, 0.15) is 39.4 Å². The molecular weight excluding hydrogens is 252 g/mol. The molecule has 106 valence electrons. The van der Waals surface area contributed by atoms with E-state index in [1.807, 2.05) is 37.3 Å². The molecule has 0 radical (unpaired) electrons. The highest BCUT2D eigenvalue weighted by Gasteiger charge is 2.40. The zero-order chi connectivity index (χ0) is 14.5. The van der Waals surface area contributed by atoms with Crippen molar-refractivity contribution in [2.24, 2.45) is 5.92 Å². The molecule has 2 nitrogen and oxygen atoms in total. The first kappa shape index (κ1) is 16.1. The molecule has 1 aromatic rings. The second-order valence-electron chi connectivity index (χ2n) is 5.35. The molecule has 3 heteroatoms. The van der Waals surface area contributed by atoms with Crippen LogP contribution in [0.25, 0.3) is 0 Å². The normalized spacial score (nSPS) is 15.0. The summed E-state index contributed by atoms with van der Waals surface area (Å²) in [7, 11) is -1.88. The number of rotatable bonds is 7. The van der Waals surface area contributed by atoms with E-state index in [9.17, 15) is 9.90 Å². The lowest BCUT2D eigenvalue weighted by Gasteiger charge is -2.31. The van der Waals surface area contributed by atoms with Crippen molar-refractivity contribution < 1.29 is 9.90 Å². The SMILES string of the molecule is CC[Si](CC)(CC)C(=O)[C@H](C)[C@@H](O)c1ccccc1. The van der Waals surface area contributed by atoms with Gasteiger partial charge in [0.1, 0.15) is 13.5 Å². The zero-order valence-electron chi connectivity index (χ0n) is 12.5. The van der Waals surface area contributed by atoms with Crippen molar-refractivity contribution in [2.75, 3.05) is 0 Å². The first-order valence-electron chi connectivity index (χ1n) is 7.29. The van der Waals surface area contributed by atoms with Gasteiger partial charge in [-0.15, -0.1) is 0 Å². The highest BCUT2D eigenvalue weighted by molar-refractivity contribution is 7.06. The van der Waals surface area contributed by atoms with Crippen molar-refractivity contribution in [3.63, 3.8) is 0 Å². The predicted molar refractivity (Wildman–Crippen MR) is 82.8 cm³/mol. The summed E-state index contributed by atoms with van der Waals surface area (Å²) in [6.07, 6.45) is -0.676. The molecule has 0 aliphatic rings. The van der Waals surface area contributed by atoms with Crippen molar-refractivity contribution >= 4 is 13.5 Å². The molecule has 0 aromatic heterocycles. The van der Waals surface area contributed by atoms with Gasteiger partial charge in [-0.1, -0.05) is 76.2 Å². The average Bonchev–Trinajstić information content (AvgIpc) is 2.48. The van der Waals surface area contributed by atoms with E-state index in [1.165, 1.54) is 0 Å². The lowest BCUT2D eigenvalue weighted by atomic mass is 9.99. The highest BCUT2D eigenvalue weighted by atomic mass is 28.3. The molecule has 1 aromatic carbocycles. The van der Waals surface area contributed by atoms with Crippen LogP contribution in [0.4, 0.5) is 0 Å². The van der Waals surface area contributed by atoms with Crippen LogP contribution in [-0.4, -0.2) is 18.6 Å². The molecular formula is C16H26O2Si. The van der Waals surface area contributed by atoms with E-state index in [4.69, 9.17) is 0 Å². The number of carbonyl (C=O) groups excluding carboxylic acids is 1.